The van der Waals surface area contributed by atoms with E-state index in [0.29, 0.717) is 64.3 Å². The molecule has 2 amide bonds. The van der Waals surface area contributed by atoms with Crippen molar-refractivity contribution in [2.24, 2.45) is 0 Å². The van der Waals surface area contributed by atoms with Gasteiger partial charge in [0.15, 0.2) is 0 Å². The van der Waals surface area contributed by atoms with Crippen LogP contribution in [0.25, 0.3) is 44.3 Å². The van der Waals surface area contributed by atoms with Crippen molar-refractivity contribution < 1.29 is 19.1 Å². The van der Waals surface area contributed by atoms with Crippen LogP contribution in [0.2, 0.25) is 10.0 Å². The molecule has 0 saturated heterocycles. The molecule has 2 fully saturated rings. The molecule has 2 aliphatic rings. The Morgan fingerprint density at radius 2 is 1.15 bits per heavy atom. The molecule has 2 unspecified atom stereocenters. The Labute approximate surface area is 464 Å². The molecule has 18 heteroatoms. The minimum absolute atomic E-state index is 0.0124. The summed E-state index contributed by atoms with van der Waals surface area (Å²) in [5.74, 6) is 2.17. The van der Waals surface area contributed by atoms with Crippen LogP contribution in [-0.4, -0.2) is 110 Å². The number of nitrogens with zero attached hydrogens (tertiary/aromatic N) is 6. The van der Waals surface area contributed by atoms with E-state index in [4.69, 9.17) is 42.6 Å². The molecule has 0 aliphatic heterocycles. The van der Waals surface area contributed by atoms with E-state index in [2.05, 4.69) is 70.4 Å². The number of rotatable bonds is 20. The van der Waals surface area contributed by atoms with E-state index in [1.807, 2.05) is 117 Å². The van der Waals surface area contributed by atoms with Crippen LogP contribution in [-0.2, 0) is 16.1 Å². The van der Waals surface area contributed by atoms with Crippen LogP contribution in [0.3, 0.4) is 0 Å². The van der Waals surface area contributed by atoms with E-state index in [-0.39, 0.29) is 36.1 Å². The summed E-state index contributed by atoms with van der Waals surface area (Å²) < 4.78 is 12.8. The number of hydrogen-bond acceptors (Lipinski definition) is 12. The Morgan fingerprint density at radius 1 is 0.641 bits per heavy atom. The average Bonchev–Trinajstić information content (AvgIpc) is 4.11. The number of aromatic amines is 2. The molecule has 6 N–H and O–H groups in total. The van der Waals surface area contributed by atoms with Crippen molar-refractivity contribution in [3.05, 3.63) is 156 Å². The maximum atomic E-state index is 13.0. The predicted molar refractivity (Wildman–Crippen MR) is 313 cm³/mol. The van der Waals surface area contributed by atoms with Gasteiger partial charge in [-0.25, -0.2) is 19.9 Å². The maximum absolute atomic E-state index is 13.0. The van der Waals surface area contributed by atoms with E-state index in [0.717, 1.165) is 101 Å². The third-order valence-electron chi connectivity index (χ3n) is 14.0. The maximum Gasteiger partial charge on any atom is 0.248 e. The fourth-order valence-electron chi connectivity index (χ4n) is 10.2. The molecule has 0 radical (unpaired) electrons. The molecular weight excluding hydrogens is 1020 g/mol. The highest BCUT2D eigenvalue weighted by Crippen LogP contribution is 2.36. The summed E-state index contributed by atoms with van der Waals surface area (Å²) in [5, 5.41) is 16.0. The van der Waals surface area contributed by atoms with Gasteiger partial charge in [-0.05, 0) is 132 Å². The number of benzene rings is 4. The lowest BCUT2D eigenvalue weighted by molar-refractivity contribution is -0.112. The van der Waals surface area contributed by atoms with Crippen LogP contribution < -0.4 is 30.7 Å². The van der Waals surface area contributed by atoms with Crippen molar-refractivity contribution in [1.82, 2.24) is 39.7 Å². The normalized spacial score (nSPS) is 17.8. The molecule has 78 heavy (non-hydrogen) atoms. The first-order chi connectivity index (χ1) is 37.9. The highest BCUT2D eigenvalue weighted by molar-refractivity contribution is 6.33. The van der Waals surface area contributed by atoms with Crippen LogP contribution in [0.5, 0.6) is 11.5 Å². The number of para-hydroxylation sites is 1. The molecule has 0 spiro atoms. The molecule has 4 aromatic heterocycles. The quantitative estimate of drug-likeness (QED) is 0.0397. The van der Waals surface area contributed by atoms with Gasteiger partial charge >= 0.3 is 0 Å². The molecule has 402 valence electrons. The lowest BCUT2D eigenvalue weighted by Gasteiger charge is -2.30. The predicted octanol–water partition coefficient (Wildman–Crippen LogP) is 12.2. The van der Waals surface area contributed by atoms with Gasteiger partial charge in [0.25, 0.3) is 0 Å². The van der Waals surface area contributed by atoms with Crippen molar-refractivity contribution in [3.63, 3.8) is 0 Å². The van der Waals surface area contributed by atoms with Crippen LogP contribution >= 0.6 is 23.2 Å². The second-order valence-corrected chi connectivity index (χ2v) is 21.2. The second-order valence-electron chi connectivity index (χ2n) is 20.4. The number of nitrogens with one attached hydrogen (secondary N) is 6. The summed E-state index contributed by atoms with van der Waals surface area (Å²) in [7, 11) is 5.93. The zero-order valence-corrected chi connectivity index (χ0v) is 45.5. The second kappa shape index (κ2) is 25.1. The van der Waals surface area contributed by atoms with Crippen molar-refractivity contribution in [2.75, 3.05) is 55.5 Å². The summed E-state index contributed by atoms with van der Waals surface area (Å²) in [6.07, 6.45) is 21.4. The Bertz CT molecular complexity index is 3420. The van der Waals surface area contributed by atoms with Gasteiger partial charge < -0.3 is 45.6 Å². The third-order valence-corrected chi connectivity index (χ3v) is 14.5. The average molecular weight is 1090 g/mol. The summed E-state index contributed by atoms with van der Waals surface area (Å²) in [5.41, 5.74) is 7.62. The zero-order valence-electron chi connectivity index (χ0n) is 43.9. The molecule has 2 aliphatic carbocycles. The number of ether oxygens (including phenoxy) is 2. The van der Waals surface area contributed by atoms with Crippen molar-refractivity contribution in [3.8, 4) is 34.0 Å². The fourth-order valence-corrected chi connectivity index (χ4v) is 10.6. The molecule has 10 rings (SSSR count). The van der Waals surface area contributed by atoms with Crippen LogP contribution in [0.1, 0.15) is 56.9 Å². The first-order valence-electron chi connectivity index (χ1n) is 26.5. The molecule has 16 nitrogen and oxygen atoms in total. The Morgan fingerprint density at radius 3 is 1.71 bits per heavy atom. The number of hydrogen-bond donors (Lipinski definition) is 6. The van der Waals surface area contributed by atoms with Gasteiger partial charge in [0.1, 0.15) is 23.7 Å². The number of fused-ring (bicyclic) bond motifs is 2. The van der Waals surface area contributed by atoms with Crippen molar-refractivity contribution in [2.45, 2.75) is 82.2 Å². The molecule has 4 aromatic carbocycles. The molecule has 0 bridgehead atoms. The number of aromatic nitrogens is 6. The van der Waals surface area contributed by atoms with E-state index < -0.39 is 0 Å². The van der Waals surface area contributed by atoms with Crippen LogP contribution in [0.15, 0.2) is 140 Å². The van der Waals surface area contributed by atoms with E-state index in [9.17, 15) is 9.59 Å². The van der Waals surface area contributed by atoms with Gasteiger partial charge in [-0.2, -0.15) is 0 Å². The summed E-state index contributed by atoms with van der Waals surface area (Å²) in [6, 6.07) is 29.6. The Kier molecular flexibility index (Phi) is 17.3. The largest absolute Gasteiger partial charge is 0.490 e. The smallest absolute Gasteiger partial charge is 0.248 e. The van der Waals surface area contributed by atoms with Gasteiger partial charge in [0.05, 0.1) is 33.8 Å². The number of halogens is 2. The van der Waals surface area contributed by atoms with Crippen LogP contribution in [0, 0.1) is 0 Å². The molecule has 4 heterocycles. The highest BCUT2D eigenvalue weighted by Gasteiger charge is 2.27. The number of likely N-dealkylation sites (N-methyl/N-ethyl adjacent to an activating group) is 2. The van der Waals surface area contributed by atoms with E-state index in [1.54, 1.807) is 24.5 Å². The van der Waals surface area contributed by atoms with Gasteiger partial charge in [0, 0.05) is 113 Å². The third kappa shape index (κ3) is 14.0. The van der Waals surface area contributed by atoms with Gasteiger partial charge in [-0.15, -0.1) is 0 Å². The first kappa shape index (κ1) is 53.6. The van der Waals surface area contributed by atoms with E-state index in [1.165, 1.54) is 0 Å². The fraction of sp³-hybridized carbons (Fsp3) is 0.300. The Balaban J connectivity index is 0.675. The van der Waals surface area contributed by atoms with Gasteiger partial charge in [-0.3, -0.25) is 14.5 Å². The SMILES string of the molecule is CN(C)C/C=C/C(=O)Nc1ccc(OC2CCCC(Nc3ncc(Cl)c(-c4c[nH]c5ccc(CN(C)C/C=C/C(=O)Nc6ccc(O[C@@H]7CCC[C@@H](Nc8ncc(Cl)c(-c9c[nH]c%10ccccc9%10)n8)C7)cc6)cc45)n3)C2)cc1. The van der Waals surface area contributed by atoms with Crippen molar-refractivity contribution in [1.29, 1.82) is 0 Å². The molecular formula is C60H64Cl2N12O4. The zero-order chi connectivity index (χ0) is 54.0. The van der Waals surface area contributed by atoms with Gasteiger partial charge in [0.2, 0.25) is 23.7 Å². The van der Waals surface area contributed by atoms with E-state index >= 15 is 0 Å². The number of carbonyl (C=O) groups excluding carboxylic acids is 2. The number of amides is 2. The van der Waals surface area contributed by atoms with Gasteiger partial charge in [-0.1, -0.05) is 59.6 Å². The summed E-state index contributed by atoms with van der Waals surface area (Å²) >= 11 is 13.4. The standard InChI is InChI=1S/C60H64Cl2N12O4/c1-73(2)28-8-16-55(75)67-39-19-23-43(24-20-39)77-46-13-7-11-42(32-46)70-60-66-36-52(62)58(72-60)50-34-64-54-27-18-38(30-48(50)54)37-74(3)29-9-17-56(76)68-40-21-25-44(26-22-40)78-45-12-6-10-41(31-45)69-59-65-35-51(61)57(71-59)49-33-63-53-15-5-4-14-47(49)53/h4-5,8-9,14-27,30,33-36,41-42,45-46,63-64H,6-7,10-13,28-29,31-32,37H2,1-3H3,(H,67,75)(H,68,76)(H,65,69,71)(H,66,70,72)/b16-8+,17-9+/t41-,42?,45-,46?/m1/s1. The molecule has 4 atom stereocenters. The number of H-pyrrole nitrogens is 2. The summed E-state index contributed by atoms with van der Waals surface area (Å²) in [4.78, 5) is 54.9. The highest BCUT2D eigenvalue weighted by atomic mass is 35.5. The molecule has 2 saturated carbocycles. The number of anilines is 4. The van der Waals surface area contributed by atoms with Crippen LogP contribution in [0.4, 0.5) is 23.3 Å². The minimum Gasteiger partial charge on any atom is -0.490 e. The lowest BCUT2D eigenvalue weighted by Crippen LogP contribution is -2.33. The van der Waals surface area contributed by atoms with Crippen molar-refractivity contribution >= 4 is 80.1 Å². The number of carbonyl (C=O) groups is 2. The monoisotopic (exact) mass is 1090 g/mol. The Hall–Kier alpha value is -7.76. The molecule has 8 aromatic rings. The minimum atomic E-state index is -0.212. The topological polar surface area (TPSA) is 190 Å². The summed E-state index contributed by atoms with van der Waals surface area (Å²) in [6.45, 7) is 1.91. The lowest BCUT2D eigenvalue weighted by atomic mass is 9.93. The first-order valence-corrected chi connectivity index (χ1v) is 27.3.